The number of rotatable bonds is 6. The summed E-state index contributed by atoms with van der Waals surface area (Å²) in [4.78, 5) is 15.2. The molecule has 0 saturated heterocycles. The molecule has 0 aliphatic carbocycles. The first-order valence-corrected chi connectivity index (χ1v) is 5.41. The molecule has 0 radical (unpaired) electrons. The largest absolute Gasteiger partial charge is 0.462 e. The van der Waals surface area contributed by atoms with Crippen LogP contribution in [-0.2, 0) is 16.1 Å². The molecule has 0 unspecified atom stereocenters. The maximum atomic E-state index is 11.1. The van der Waals surface area contributed by atoms with Gasteiger partial charge in [0.1, 0.15) is 5.82 Å². The molecular weight excluding hydrogens is 204 g/mol. The standard InChI is InChI=1S/C12H18N2O2/c1-10(2)12(15)16-9-5-4-7-14-8-6-13-11(14)3/h6,8H,1,4-5,7,9H2,2-3H3. The number of aromatic nitrogens is 2. The van der Waals surface area contributed by atoms with E-state index in [0.29, 0.717) is 12.2 Å². The van der Waals surface area contributed by atoms with Gasteiger partial charge in [-0.05, 0) is 26.7 Å². The molecule has 88 valence electrons. The first-order chi connectivity index (χ1) is 7.61. The summed E-state index contributed by atoms with van der Waals surface area (Å²) in [6.07, 6.45) is 5.57. The monoisotopic (exact) mass is 222 g/mol. The summed E-state index contributed by atoms with van der Waals surface area (Å²) in [7, 11) is 0. The minimum atomic E-state index is -0.307. The Morgan fingerprint density at radius 1 is 1.56 bits per heavy atom. The Morgan fingerprint density at radius 3 is 2.88 bits per heavy atom. The summed E-state index contributed by atoms with van der Waals surface area (Å²) < 4.78 is 7.07. The average Bonchev–Trinajstić information content (AvgIpc) is 2.63. The lowest BCUT2D eigenvalue weighted by Gasteiger charge is -2.06. The van der Waals surface area contributed by atoms with Crippen LogP contribution >= 0.6 is 0 Å². The van der Waals surface area contributed by atoms with Crippen molar-refractivity contribution in [1.82, 2.24) is 9.55 Å². The van der Waals surface area contributed by atoms with Gasteiger partial charge in [0.2, 0.25) is 0 Å². The van der Waals surface area contributed by atoms with Crippen LogP contribution in [0.5, 0.6) is 0 Å². The fourth-order valence-corrected chi connectivity index (χ4v) is 1.31. The van der Waals surface area contributed by atoms with E-state index in [9.17, 15) is 4.79 Å². The Labute approximate surface area is 95.9 Å². The summed E-state index contributed by atoms with van der Waals surface area (Å²) in [6.45, 7) is 8.51. The van der Waals surface area contributed by atoms with Crippen LogP contribution < -0.4 is 0 Å². The highest BCUT2D eigenvalue weighted by molar-refractivity contribution is 5.86. The molecule has 0 saturated carbocycles. The molecule has 16 heavy (non-hydrogen) atoms. The van der Waals surface area contributed by atoms with E-state index in [0.717, 1.165) is 25.2 Å². The number of imidazole rings is 1. The molecule has 0 N–H and O–H groups in total. The number of unbranched alkanes of at least 4 members (excludes halogenated alkanes) is 1. The quantitative estimate of drug-likeness (QED) is 0.420. The molecule has 0 spiro atoms. The average molecular weight is 222 g/mol. The van der Waals surface area contributed by atoms with E-state index >= 15 is 0 Å². The normalized spacial score (nSPS) is 10.1. The van der Waals surface area contributed by atoms with Gasteiger partial charge in [0.05, 0.1) is 6.61 Å². The highest BCUT2D eigenvalue weighted by atomic mass is 16.5. The predicted molar refractivity (Wildman–Crippen MR) is 62.0 cm³/mol. The van der Waals surface area contributed by atoms with Crippen molar-refractivity contribution >= 4 is 5.97 Å². The van der Waals surface area contributed by atoms with Crippen molar-refractivity contribution in [2.45, 2.75) is 33.2 Å². The molecule has 0 atom stereocenters. The topological polar surface area (TPSA) is 44.1 Å². The fourth-order valence-electron chi connectivity index (χ4n) is 1.31. The zero-order valence-corrected chi connectivity index (χ0v) is 9.90. The van der Waals surface area contributed by atoms with Crippen molar-refractivity contribution in [1.29, 1.82) is 0 Å². The molecule has 0 aliphatic heterocycles. The Hall–Kier alpha value is -1.58. The molecule has 0 aromatic carbocycles. The van der Waals surface area contributed by atoms with Gasteiger partial charge in [0.25, 0.3) is 0 Å². The number of carbonyl (C=O) groups is 1. The zero-order valence-electron chi connectivity index (χ0n) is 9.90. The molecule has 0 bridgehead atoms. The number of carbonyl (C=O) groups excluding carboxylic acids is 1. The molecule has 0 fully saturated rings. The number of nitrogens with zero attached hydrogens (tertiary/aromatic N) is 2. The van der Waals surface area contributed by atoms with E-state index in [2.05, 4.69) is 16.1 Å². The maximum Gasteiger partial charge on any atom is 0.333 e. The van der Waals surface area contributed by atoms with E-state index < -0.39 is 0 Å². The van der Waals surface area contributed by atoms with Gasteiger partial charge in [-0.3, -0.25) is 0 Å². The highest BCUT2D eigenvalue weighted by Gasteiger charge is 2.02. The number of esters is 1. The van der Waals surface area contributed by atoms with Crippen LogP contribution in [0.2, 0.25) is 0 Å². The van der Waals surface area contributed by atoms with Crippen LogP contribution in [0.4, 0.5) is 0 Å². The first-order valence-electron chi connectivity index (χ1n) is 5.41. The van der Waals surface area contributed by atoms with Crippen LogP contribution in [0, 0.1) is 6.92 Å². The number of aryl methyl sites for hydroxylation is 2. The predicted octanol–water partition coefficient (Wildman–Crippen LogP) is 2.09. The van der Waals surface area contributed by atoms with Crippen molar-refractivity contribution in [2.24, 2.45) is 0 Å². The van der Waals surface area contributed by atoms with Crippen LogP contribution in [0.1, 0.15) is 25.6 Å². The molecule has 0 amide bonds. The van der Waals surface area contributed by atoms with E-state index in [4.69, 9.17) is 4.74 Å². The molecule has 4 nitrogen and oxygen atoms in total. The van der Waals surface area contributed by atoms with Gasteiger partial charge in [-0.1, -0.05) is 6.58 Å². The van der Waals surface area contributed by atoms with E-state index in [1.165, 1.54) is 0 Å². The van der Waals surface area contributed by atoms with Crippen LogP contribution in [-0.4, -0.2) is 22.1 Å². The minimum absolute atomic E-state index is 0.307. The second-order valence-corrected chi connectivity index (χ2v) is 3.79. The number of hydrogen-bond acceptors (Lipinski definition) is 3. The highest BCUT2D eigenvalue weighted by Crippen LogP contribution is 2.01. The summed E-state index contributed by atoms with van der Waals surface area (Å²) in [5.41, 5.74) is 0.449. The zero-order chi connectivity index (χ0) is 12.0. The van der Waals surface area contributed by atoms with Gasteiger partial charge in [0, 0.05) is 24.5 Å². The summed E-state index contributed by atoms with van der Waals surface area (Å²) in [5.74, 6) is 0.706. The molecule has 4 heteroatoms. The molecule has 1 heterocycles. The fraction of sp³-hybridized carbons (Fsp3) is 0.500. The Morgan fingerprint density at radius 2 is 2.31 bits per heavy atom. The number of hydrogen-bond donors (Lipinski definition) is 0. The molecular formula is C12H18N2O2. The van der Waals surface area contributed by atoms with Crippen molar-refractivity contribution in [2.75, 3.05) is 6.61 Å². The third-order valence-electron chi connectivity index (χ3n) is 2.30. The summed E-state index contributed by atoms with van der Waals surface area (Å²) >= 11 is 0. The second-order valence-electron chi connectivity index (χ2n) is 3.79. The van der Waals surface area contributed by atoms with E-state index in [-0.39, 0.29) is 5.97 Å². The third kappa shape index (κ3) is 3.88. The lowest BCUT2D eigenvalue weighted by molar-refractivity contribution is -0.139. The molecule has 1 aromatic heterocycles. The van der Waals surface area contributed by atoms with Gasteiger partial charge in [0.15, 0.2) is 0 Å². The van der Waals surface area contributed by atoms with Gasteiger partial charge in [-0.15, -0.1) is 0 Å². The van der Waals surface area contributed by atoms with E-state index in [1.807, 2.05) is 13.1 Å². The maximum absolute atomic E-state index is 11.1. The second kappa shape index (κ2) is 6.10. The smallest absolute Gasteiger partial charge is 0.333 e. The Balaban J connectivity index is 2.11. The van der Waals surface area contributed by atoms with Gasteiger partial charge >= 0.3 is 5.97 Å². The Kier molecular flexibility index (Phi) is 4.76. The van der Waals surface area contributed by atoms with E-state index in [1.54, 1.807) is 13.1 Å². The lowest BCUT2D eigenvalue weighted by atomic mass is 10.3. The van der Waals surface area contributed by atoms with Crippen molar-refractivity contribution in [3.63, 3.8) is 0 Å². The van der Waals surface area contributed by atoms with Crippen molar-refractivity contribution in [3.8, 4) is 0 Å². The third-order valence-corrected chi connectivity index (χ3v) is 2.30. The lowest BCUT2D eigenvalue weighted by Crippen LogP contribution is -2.07. The van der Waals surface area contributed by atoms with Crippen LogP contribution in [0.25, 0.3) is 0 Å². The Bertz CT molecular complexity index is 369. The summed E-state index contributed by atoms with van der Waals surface area (Å²) in [5, 5.41) is 0. The van der Waals surface area contributed by atoms with Gasteiger partial charge in [-0.2, -0.15) is 0 Å². The minimum Gasteiger partial charge on any atom is -0.462 e. The van der Waals surface area contributed by atoms with Gasteiger partial charge in [-0.25, -0.2) is 9.78 Å². The molecule has 1 aromatic rings. The van der Waals surface area contributed by atoms with Crippen LogP contribution in [0.3, 0.4) is 0 Å². The molecule has 1 rings (SSSR count). The SMILES string of the molecule is C=C(C)C(=O)OCCCCn1ccnc1C. The summed E-state index contributed by atoms with van der Waals surface area (Å²) in [6, 6.07) is 0. The first kappa shape index (κ1) is 12.5. The number of ether oxygens (including phenoxy) is 1. The van der Waals surface area contributed by atoms with Crippen molar-refractivity contribution in [3.05, 3.63) is 30.4 Å². The van der Waals surface area contributed by atoms with Crippen LogP contribution in [0.15, 0.2) is 24.5 Å². The van der Waals surface area contributed by atoms with Gasteiger partial charge < -0.3 is 9.30 Å². The molecule has 0 aliphatic rings. The van der Waals surface area contributed by atoms with Crippen molar-refractivity contribution < 1.29 is 9.53 Å².